The predicted molar refractivity (Wildman–Crippen MR) is 211 cm³/mol. The van der Waals surface area contributed by atoms with Gasteiger partial charge in [0.2, 0.25) is 15.9 Å². The fourth-order valence-electron chi connectivity index (χ4n) is 10.2. The number of carbonyl (C=O) groups excluding carboxylic acids is 3. The molecule has 3 amide bonds. The molecule has 3 aliphatic heterocycles. The minimum atomic E-state index is -3.86. The first-order chi connectivity index (χ1) is 26.1. The molecule has 1 N–H and O–H groups in total. The van der Waals surface area contributed by atoms with Crippen LogP contribution in [-0.4, -0.2) is 83.8 Å². The van der Waals surface area contributed by atoms with Crippen molar-refractivity contribution in [3.63, 3.8) is 0 Å². The molecule has 6 aliphatic rings. The number of hydrogen-bond acceptors (Lipinski definition) is 7. The van der Waals surface area contributed by atoms with Gasteiger partial charge in [-0.15, -0.1) is 0 Å². The van der Waals surface area contributed by atoms with Crippen LogP contribution in [0.25, 0.3) is 10.9 Å². The van der Waals surface area contributed by atoms with Gasteiger partial charge < -0.3 is 23.8 Å². The molecule has 1 spiro atoms. The standard InChI is InChI=1S/C43H56N4O7S/c1-26(2)55(51,52)44-39(48)37-32-25-46-33(24-31-34(53-6)17-16-28(38(31)46)27-12-8-7-9-13-27)35-29(36(32)37)14-10-15-30(35)40(49)45-22-19-43(20-23-45)18-11-21-47(43)41(50)54-42(3,4)5/h10,14,16-17,24,26-27,30,35H,7-9,11-13,15,18-23,25H2,1-6H3,(H,44,48)/t30-,35?/m1/s1. The Labute approximate surface area is 325 Å². The van der Waals surface area contributed by atoms with Crippen molar-refractivity contribution in [2.24, 2.45) is 5.92 Å². The molecule has 2 saturated heterocycles. The van der Waals surface area contributed by atoms with Gasteiger partial charge in [-0.05, 0) is 120 Å². The monoisotopic (exact) mass is 772 g/mol. The highest BCUT2D eigenvalue weighted by molar-refractivity contribution is 7.90. The van der Waals surface area contributed by atoms with E-state index >= 15 is 0 Å². The molecule has 8 rings (SSSR count). The molecule has 296 valence electrons. The maximum atomic E-state index is 14.9. The van der Waals surface area contributed by atoms with Crippen molar-refractivity contribution in [3.8, 4) is 5.75 Å². The van der Waals surface area contributed by atoms with Gasteiger partial charge in [-0.25, -0.2) is 17.9 Å². The quantitative estimate of drug-likeness (QED) is 0.329. The topological polar surface area (TPSA) is 127 Å². The lowest BCUT2D eigenvalue weighted by Crippen LogP contribution is -2.56. The average molecular weight is 773 g/mol. The number of sulfonamides is 1. The van der Waals surface area contributed by atoms with Crippen LogP contribution in [0.5, 0.6) is 5.75 Å². The lowest BCUT2D eigenvalue weighted by molar-refractivity contribution is -0.138. The van der Waals surface area contributed by atoms with E-state index in [2.05, 4.69) is 33.6 Å². The number of nitrogens with one attached hydrogen (secondary N) is 1. The van der Waals surface area contributed by atoms with Crippen LogP contribution in [0.1, 0.15) is 122 Å². The van der Waals surface area contributed by atoms with Gasteiger partial charge in [0.25, 0.3) is 5.91 Å². The van der Waals surface area contributed by atoms with Gasteiger partial charge in [0, 0.05) is 48.7 Å². The van der Waals surface area contributed by atoms with E-state index in [9.17, 15) is 22.8 Å². The highest BCUT2D eigenvalue weighted by Gasteiger charge is 2.51. The molecule has 1 unspecified atom stereocenters. The lowest BCUT2D eigenvalue weighted by Gasteiger charge is -2.46. The second-order valence-corrected chi connectivity index (χ2v) is 20.1. The third-order valence-electron chi connectivity index (χ3n) is 13.1. The van der Waals surface area contributed by atoms with Gasteiger partial charge in [-0.3, -0.25) is 9.59 Å². The number of hydrogen-bond donors (Lipinski definition) is 1. The van der Waals surface area contributed by atoms with E-state index in [1.54, 1.807) is 21.0 Å². The number of fused-ring (bicyclic) bond motifs is 6. The van der Waals surface area contributed by atoms with E-state index in [0.717, 1.165) is 64.7 Å². The number of nitrogens with zero attached hydrogens (tertiary/aromatic N) is 3. The molecule has 0 bridgehead atoms. The number of methoxy groups -OCH3 is 1. The largest absolute Gasteiger partial charge is 0.496 e. The van der Waals surface area contributed by atoms with Gasteiger partial charge in [0.1, 0.15) is 11.4 Å². The summed E-state index contributed by atoms with van der Waals surface area (Å²) < 4.78 is 42.2. The minimum Gasteiger partial charge on any atom is -0.496 e. The Hall–Kier alpha value is -4.06. The third kappa shape index (κ3) is 6.59. The molecular formula is C43H56N4O7S. The summed E-state index contributed by atoms with van der Waals surface area (Å²) in [6.45, 7) is 10.9. The van der Waals surface area contributed by atoms with Crippen molar-refractivity contribution in [3.05, 3.63) is 63.9 Å². The Bertz CT molecular complexity index is 2140. The van der Waals surface area contributed by atoms with Crippen molar-refractivity contribution in [2.75, 3.05) is 26.7 Å². The first-order valence-corrected chi connectivity index (χ1v) is 21.9. The molecule has 2 aromatic rings. The Morgan fingerprint density at radius 2 is 1.71 bits per heavy atom. The number of piperidine rings is 1. The number of carbonyl (C=O) groups is 3. The van der Waals surface area contributed by atoms with Crippen LogP contribution in [0.15, 0.2) is 52.6 Å². The normalized spacial score (nSPS) is 23.8. The summed E-state index contributed by atoms with van der Waals surface area (Å²) in [6.07, 6.45) is 13.4. The zero-order chi connectivity index (χ0) is 39.0. The fraction of sp³-hybridized carbons (Fsp3) is 0.605. The number of amides is 3. The van der Waals surface area contributed by atoms with Gasteiger partial charge in [0.05, 0.1) is 29.4 Å². The summed E-state index contributed by atoms with van der Waals surface area (Å²) in [5.74, 6) is -0.157. The van der Waals surface area contributed by atoms with Gasteiger partial charge in [0.15, 0.2) is 0 Å². The Balaban J connectivity index is 1.18. The molecule has 55 heavy (non-hydrogen) atoms. The highest BCUT2D eigenvalue weighted by Crippen LogP contribution is 2.55. The van der Waals surface area contributed by atoms with E-state index in [4.69, 9.17) is 9.47 Å². The van der Waals surface area contributed by atoms with Crippen LogP contribution in [0, 0.1) is 5.92 Å². The number of allylic oxidation sites excluding steroid dienone is 4. The molecule has 2 atom stereocenters. The average Bonchev–Trinajstić information content (AvgIpc) is 3.58. The number of ether oxygens (including phenoxy) is 2. The first-order valence-electron chi connectivity index (χ1n) is 20.3. The Kier molecular flexibility index (Phi) is 9.53. The molecule has 3 fully saturated rings. The van der Waals surface area contributed by atoms with E-state index in [-0.39, 0.29) is 23.5 Å². The second-order valence-electron chi connectivity index (χ2n) is 17.8. The molecule has 1 saturated carbocycles. The zero-order valence-electron chi connectivity index (χ0n) is 33.2. The van der Waals surface area contributed by atoms with E-state index in [1.807, 2.05) is 36.6 Å². The van der Waals surface area contributed by atoms with Gasteiger partial charge in [-0.2, -0.15) is 0 Å². The van der Waals surface area contributed by atoms with Gasteiger partial charge in [-0.1, -0.05) is 37.5 Å². The molecule has 12 heteroatoms. The summed E-state index contributed by atoms with van der Waals surface area (Å²) in [7, 11) is -2.17. The first kappa shape index (κ1) is 37.8. The van der Waals surface area contributed by atoms with E-state index < -0.39 is 32.7 Å². The zero-order valence-corrected chi connectivity index (χ0v) is 34.0. The smallest absolute Gasteiger partial charge is 0.410 e. The summed E-state index contributed by atoms with van der Waals surface area (Å²) in [6, 6.07) is 6.48. The molecular weight excluding hydrogens is 717 g/mol. The number of aromatic nitrogens is 1. The number of benzene rings is 1. The van der Waals surface area contributed by atoms with Crippen LogP contribution in [-0.2, 0) is 30.9 Å². The van der Waals surface area contributed by atoms with Crippen molar-refractivity contribution in [2.45, 2.75) is 134 Å². The maximum Gasteiger partial charge on any atom is 0.410 e. The predicted octanol–water partition coefficient (Wildman–Crippen LogP) is 7.22. The minimum absolute atomic E-state index is 0.0675. The van der Waals surface area contributed by atoms with Crippen molar-refractivity contribution < 1.29 is 32.3 Å². The molecule has 3 aliphatic carbocycles. The Morgan fingerprint density at radius 1 is 0.982 bits per heavy atom. The number of likely N-dealkylation sites (tertiary alicyclic amines) is 2. The van der Waals surface area contributed by atoms with Crippen LogP contribution < -0.4 is 9.46 Å². The van der Waals surface area contributed by atoms with Crippen molar-refractivity contribution in [1.82, 2.24) is 19.1 Å². The third-order valence-corrected chi connectivity index (χ3v) is 14.8. The van der Waals surface area contributed by atoms with Crippen LogP contribution in [0.3, 0.4) is 0 Å². The van der Waals surface area contributed by atoms with Crippen molar-refractivity contribution >= 4 is 38.8 Å². The van der Waals surface area contributed by atoms with Crippen molar-refractivity contribution in [1.29, 1.82) is 0 Å². The lowest BCUT2D eigenvalue weighted by atomic mass is 9.75. The van der Waals surface area contributed by atoms with Crippen LogP contribution in [0.2, 0.25) is 0 Å². The SMILES string of the molecule is COc1ccc(C2CCCCC2)c2c1cc1n2CC2=C(C(=O)NS(=O)(=O)C(C)C)C2=C2C=CC[C@@H](C(=O)N3CCC4(CCCN4C(=O)OC(C)(C)C)CC3)C21. The molecule has 0 radical (unpaired) electrons. The molecule has 11 nitrogen and oxygen atoms in total. The summed E-state index contributed by atoms with van der Waals surface area (Å²) in [4.78, 5) is 45.9. The Morgan fingerprint density at radius 3 is 2.38 bits per heavy atom. The molecule has 1 aromatic carbocycles. The fourth-order valence-corrected chi connectivity index (χ4v) is 10.8. The van der Waals surface area contributed by atoms with Crippen LogP contribution >= 0.6 is 0 Å². The second kappa shape index (κ2) is 13.8. The van der Waals surface area contributed by atoms with E-state index in [0.29, 0.717) is 56.9 Å². The summed E-state index contributed by atoms with van der Waals surface area (Å²) in [5, 5.41) is 0.240. The maximum absolute atomic E-state index is 14.9. The molecule has 4 heterocycles. The number of rotatable bonds is 6. The van der Waals surface area contributed by atoms with Gasteiger partial charge >= 0.3 is 6.09 Å². The summed E-state index contributed by atoms with van der Waals surface area (Å²) >= 11 is 0. The molecule has 1 aromatic heterocycles. The summed E-state index contributed by atoms with van der Waals surface area (Å²) in [5.41, 5.74) is 5.40. The van der Waals surface area contributed by atoms with Crippen LogP contribution in [0.4, 0.5) is 4.79 Å². The van der Waals surface area contributed by atoms with E-state index in [1.165, 1.54) is 24.8 Å². The highest BCUT2D eigenvalue weighted by atomic mass is 32.2.